The number of nitrogens with one attached hydrogen (secondary N) is 1. The minimum absolute atomic E-state index is 0.187. The van der Waals surface area contributed by atoms with Gasteiger partial charge in [0.25, 0.3) is 0 Å². The molecule has 0 radical (unpaired) electrons. The fourth-order valence-corrected chi connectivity index (χ4v) is 4.66. The van der Waals surface area contributed by atoms with Crippen molar-refractivity contribution in [3.63, 3.8) is 0 Å². The van der Waals surface area contributed by atoms with Gasteiger partial charge in [0.05, 0.1) is 30.2 Å². The molecule has 2 aromatic heterocycles. The van der Waals surface area contributed by atoms with E-state index in [4.69, 9.17) is 4.98 Å². The molecule has 2 aliphatic rings. The lowest BCUT2D eigenvalue weighted by Gasteiger charge is -2.32. The van der Waals surface area contributed by atoms with Crippen LogP contribution < -0.4 is 10.2 Å². The largest absolute Gasteiger partial charge is 0.339 e. The lowest BCUT2D eigenvalue weighted by Crippen LogP contribution is -2.42. The molecule has 31 heavy (non-hydrogen) atoms. The molecule has 5 rings (SSSR count). The van der Waals surface area contributed by atoms with Crippen LogP contribution in [0.5, 0.6) is 0 Å². The maximum atomic E-state index is 13.2. The number of hydrogen-bond acceptors (Lipinski definition) is 5. The number of aryl methyl sites for hydroxylation is 1. The van der Waals surface area contributed by atoms with Crippen LogP contribution in [0.2, 0.25) is 0 Å². The number of rotatable bonds is 5. The molecule has 6 heteroatoms. The van der Waals surface area contributed by atoms with Crippen molar-refractivity contribution in [3.8, 4) is 0 Å². The van der Waals surface area contributed by atoms with Crippen LogP contribution in [0.4, 0.5) is 17.2 Å². The fourth-order valence-electron chi connectivity index (χ4n) is 4.66. The van der Waals surface area contributed by atoms with E-state index in [1.165, 1.54) is 5.56 Å². The number of pyridine rings is 2. The standard InChI is InChI=1S/C25H27N5O/c31-25(30-16-5-8-19-7-1-2-9-22(19)30)18-29-15-6-10-23(29)21-13-12-20(17-27-21)28-24-11-3-4-14-26-24/h1-4,7,9,11-14,17,23H,5-6,8,10,15-16,18H2,(H,26,28)/t23-/m1/s1. The molecule has 1 amide bonds. The van der Waals surface area contributed by atoms with Gasteiger partial charge in [-0.15, -0.1) is 0 Å². The lowest BCUT2D eigenvalue weighted by atomic mass is 10.0. The van der Waals surface area contributed by atoms with Crippen molar-refractivity contribution < 1.29 is 4.79 Å². The summed E-state index contributed by atoms with van der Waals surface area (Å²) in [5, 5.41) is 3.27. The molecular formula is C25H27N5O. The van der Waals surface area contributed by atoms with Crippen molar-refractivity contribution in [2.75, 3.05) is 29.9 Å². The Balaban J connectivity index is 1.26. The van der Waals surface area contributed by atoms with Crippen LogP contribution in [-0.2, 0) is 11.2 Å². The van der Waals surface area contributed by atoms with Crippen molar-refractivity contribution in [1.82, 2.24) is 14.9 Å². The molecule has 2 aliphatic heterocycles. The summed E-state index contributed by atoms with van der Waals surface area (Å²) in [5.74, 6) is 0.986. The smallest absolute Gasteiger partial charge is 0.241 e. The highest BCUT2D eigenvalue weighted by atomic mass is 16.2. The Morgan fingerprint density at radius 1 is 1.00 bits per heavy atom. The SMILES string of the molecule is O=C(CN1CCC[C@@H]1c1ccc(Nc2ccccn2)cn1)N1CCCc2ccccc21. The molecule has 0 spiro atoms. The summed E-state index contributed by atoms with van der Waals surface area (Å²) in [4.78, 5) is 26.5. The molecule has 1 fully saturated rings. The number of likely N-dealkylation sites (tertiary alicyclic amines) is 1. The molecule has 1 aromatic carbocycles. The van der Waals surface area contributed by atoms with E-state index in [0.29, 0.717) is 6.54 Å². The van der Waals surface area contributed by atoms with Gasteiger partial charge in [-0.2, -0.15) is 0 Å². The van der Waals surface area contributed by atoms with Gasteiger partial charge in [0.2, 0.25) is 5.91 Å². The predicted molar refractivity (Wildman–Crippen MR) is 122 cm³/mol. The van der Waals surface area contributed by atoms with Gasteiger partial charge in [-0.05, 0) is 68.1 Å². The molecule has 0 saturated carbocycles. The third-order valence-corrected chi connectivity index (χ3v) is 6.18. The number of amides is 1. The first-order valence-electron chi connectivity index (χ1n) is 11.0. The van der Waals surface area contributed by atoms with Gasteiger partial charge in [0, 0.05) is 18.4 Å². The first-order chi connectivity index (χ1) is 15.3. The Labute approximate surface area is 182 Å². The summed E-state index contributed by atoms with van der Waals surface area (Å²) in [5.41, 5.74) is 4.29. The minimum Gasteiger partial charge on any atom is -0.339 e. The summed E-state index contributed by atoms with van der Waals surface area (Å²) < 4.78 is 0. The normalized spacial score (nSPS) is 18.6. The van der Waals surface area contributed by atoms with Crippen molar-refractivity contribution in [3.05, 3.63) is 78.2 Å². The molecule has 1 atom stereocenters. The lowest BCUT2D eigenvalue weighted by molar-refractivity contribution is -0.120. The van der Waals surface area contributed by atoms with Crippen LogP contribution in [0.15, 0.2) is 67.0 Å². The molecule has 1 N–H and O–H groups in total. The van der Waals surface area contributed by atoms with Crippen molar-refractivity contribution in [1.29, 1.82) is 0 Å². The first-order valence-corrected chi connectivity index (χ1v) is 11.0. The van der Waals surface area contributed by atoms with Gasteiger partial charge in [-0.1, -0.05) is 24.3 Å². The molecule has 0 unspecified atom stereocenters. The zero-order valence-corrected chi connectivity index (χ0v) is 17.6. The highest BCUT2D eigenvalue weighted by Gasteiger charge is 2.31. The number of fused-ring (bicyclic) bond motifs is 1. The average Bonchev–Trinajstić information content (AvgIpc) is 3.28. The second-order valence-corrected chi connectivity index (χ2v) is 8.22. The Morgan fingerprint density at radius 3 is 2.74 bits per heavy atom. The number of anilines is 3. The fraction of sp³-hybridized carbons (Fsp3) is 0.320. The Morgan fingerprint density at radius 2 is 1.90 bits per heavy atom. The van der Waals surface area contributed by atoms with E-state index in [0.717, 1.165) is 61.7 Å². The van der Waals surface area contributed by atoms with E-state index in [9.17, 15) is 4.79 Å². The van der Waals surface area contributed by atoms with Gasteiger partial charge in [0.15, 0.2) is 0 Å². The molecule has 3 aromatic rings. The van der Waals surface area contributed by atoms with Crippen molar-refractivity contribution in [2.45, 2.75) is 31.7 Å². The molecule has 6 nitrogen and oxygen atoms in total. The molecule has 158 valence electrons. The molecule has 1 saturated heterocycles. The Bertz CT molecular complexity index is 1040. The summed E-state index contributed by atoms with van der Waals surface area (Å²) in [6.45, 7) is 2.18. The van der Waals surface area contributed by atoms with Gasteiger partial charge < -0.3 is 10.2 Å². The van der Waals surface area contributed by atoms with Gasteiger partial charge >= 0.3 is 0 Å². The van der Waals surface area contributed by atoms with E-state index in [2.05, 4.69) is 39.5 Å². The van der Waals surface area contributed by atoms with Gasteiger partial charge in [-0.3, -0.25) is 14.7 Å². The van der Waals surface area contributed by atoms with Crippen LogP contribution in [0, 0.1) is 0 Å². The molecule has 0 aliphatic carbocycles. The zero-order chi connectivity index (χ0) is 21.0. The zero-order valence-electron chi connectivity index (χ0n) is 17.6. The van der Waals surface area contributed by atoms with E-state index < -0.39 is 0 Å². The summed E-state index contributed by atoms with van der Waals surface area (Å²) in [7, 11) is 0. The quantitative estimate of drug-likeness (QED) is 0.674. The number of aromatic nitrogens is 2. The average molecular weight is 414 g/mol. The van der Waals surface area contributed by atoms with Crippen LogP contribution in [0.3, 0.4) is 0 Å². The number of benzene rings is 1. The third-order valence-electron chi connectivity index (χ3n) is 6.18. The van der Waals surface area contributed by atoms with Crippen molar-refractivity contribution >= 4 is 23.1 Å². The van der Waals surface area contributed by atoms with Crippen LogP contribution in [0.25, 0.3) is 0 Å². The predicted octanol–water partition coefficient (Wildman–Crippen LogP) is 4.34. The number of carbonyl (C=O) groups excluding carboxylic acids is 1. The second kappa shape index (κ2) is 8.86. The Kier molecular flexibility index (Phi) is 5.63. The molecular weight excluding hydrogens is 386 g/mol. The van der Waals surface area contributed by atoms with Crippen LogP contribution >= 0.6 is 0 Å². The van der Waals surface area contributed by atoms with E-state index in [-0.39, 0.29) is 11.9 Å². The van der Waals surface area contributed by atoms with Gasteiger partial charge in [0.1, 0.15) is 5.82 Å². The number of hydrogen-bond donors (Lipinski definition) is 1. The minimum atomic E-state index is 0.187. The maximum absolute atomic E-state index is 13.2. The molecule has 0 bridgehead atoms. The van der Waals surface area contributed by atoms with E-state index in [1.54, 1.807) is 6.20 Å². The first kappa shape index (κ1) is 19.7. The number of para-hydroxylation sites is 1. The summed E-state index contributed by atoms with van der Waals surface area (Å²) in [6, 6.07) is 18.3. The topological polar surface area (TPSA) is 61.4 Å². The van der Waals surface area contributed by atoms with Crippen LogP contribution in [-0.4, -0.2) is 40.4 Å². The highest BCUT2D eigenvalue weighted by Crippen LogP contribution is 2.32. The van der Waals surface area contributed by atoms with E-state index >= 15 is 0 Å². The van der Waals surface area contributed by atoms with E-state index in [1.807, 2.05) is 41.4 Å². The summed E-state index contributed by atoms with van der Waals surface area (Å²) in [6.07, 6.45) is 7.81. The number of nitrogens with zero attached hydrogens (tertiary/aromatic N) is 4. The monoisotopic (exact) mass is 413 g/mol. The van der Waals surface area contributed by atoms with Crippen molar-refractivity contribution in [2.24, 2.45) is 0 Å². The van der Waals surface area contributed by atoms with Gasteiger partial charge in [-0.25, -0.2) is 4.98 Å². The summed E-state index contributed by atoms with van der Waals surface area (Å²) >= 11 is 0. The molecule has 4 heterocycles. The van der Waals surface area contributed by atoms with Crippen LogP contribution in [0.1, 0.15) is 36.6 Å². The maximum Gasteiger partial charge on any atom is 0.241 e. The number of carbonyl (C=O) groups is 1. The third kappa shape index (κ3) is 4.30. The highest BCUT2D eigenvalue weighted by molar-refractivity contribution is 5.96. The second-order valence-electron chi connectivity index (χ2n) is 8.22. The Hall–Kier alpha value is -3.25.